The van der Waals surface area contributed by atoms with E-state index in [1.54, 1.807) is 42.0 Å². The summed E-state index contributed by atoms with van der Waals surface area (Å²) in [6.07, 6.45) is 0.0632. The molecule has 1 aromatic heterocycles. The Hall–Kier alpha value is -2.79. The molecule has 0 saturated carbocycles. The van der Waals surface area contributed by atoms with Crippen LogP contribution in [0.4, 0.5) is 0 Å². The van der Waals surface area contributed by atoms with Crippen LogP contribution in [0.3, 0.4) is 0 Å². The zero-order valence-corrected chi connectivity index (χ0v) is 18.0. The summed E-state index contributed by atoms with van der Waals surface area (Å²) in [4.78, 5) is 25.7. The van der Waals surface area contributed by atoms with Gasteiger partial charge in [-0.3, -0.25) is 14.2 Å². The molecule has 2 aromatic carbocycles. The third-order valence-electron chi connectivity index (χ3n) is 4.58. The van der Waals surface area contributed by atoms with Gasteiger partial charge in [-0.1, -0.05) is 11.6 Å². The minimum atomic E-state index is -0.583. The molecule has 152 valence electrons. The Balaban J connectivity index is 2.13. The molecule has 0 aliphatic heterocycles. The number of esters is 1. The van der Waals surface area contributed by atoms with E-state index in [-0.39, 0.29) is 18.3 Å². The predicted molar refractivity (Wildman–Crippen MR) is 114 cm³/mol. The van der Waals surface area contributed by atoms with Crippen LogP contribution in [-0.4, -0.2) is 29.2 Å². The molecular weight excluding hydrogens is 390 g/mol. The van der Waals surface area contributed by atoms with E-state index in [0.29, 0.717) is 27.5 Å². The minimum absolute atomic E-state index is 0.0632. The molecule has 3 aromatic rings. The van der Waals surface area contributed by atoms with E-state index >= 15 is 0 Å². The van der Waals surface area contributed by atoms with Gasteiger partial charge < -0.3 is 9.47 Å². The minimum Gasteiger partial charge on any atom is -0.497 e. The molecule has 0 N–H and O–H groups in total. The summed E-state index contributed by atoms with van der Waals surface area (Å²) in [5, 5.41) is 1.35. The van der Waals surface area contributed by atoms with Crippen LogP contribution >= 0.6 is 11.6 Å². The van der Waals surface area contributed by atoms with Crippen molar-refractivity contribution < 1.29 is 19.1 Å². The molecule has 0 spiro atoms. The molecule has 0 unspecified atom stereocenters. The topological polar surface area (TPSA) is 57.5 Å². The second-order valence-corrected chi connectivity index (χ2v) is 8.29. The van der Waals surface area contributed by atoms with Crippen molar-refractivity contribution in [3.8, 4) is 5.75 Å². The average Bonchev–Trinajstić information content (AvgIpc) is 2.91. The second-order valence-electron chi connectivity index (χ2n) is 7.86. The number of rotatable bonds is 4. The summed E-state index contributed by atoms with van der Waals surface area (Å²) in [7, 11) is 1.58. The van der Waals surface area contributed by atoms with Crippen LogP contribution < -0.4 is 4.74 Å². The zero-order chi connectivity index (χ0) is 21.3. The molecule has 1 heterocycles. The molecule has 0 atom stereocenters. The number of methoxy groups -OCH3 is 1. The Labute approximate surface area is 175 Å². The first kappa shape index (κ1) is 20.9. The molecule has 0 fully saturated rings. The zero-order valence-electron chi connectivity index (χ0n) is 17.2. The van der Waals surface area contributed by atoms with Crippen molar-refractivity contribution in [3.05, 3.63) is 64.3 Å². The molecule has 0 aliphatic carbocycles. The second kappa shape index (κ2) is 7.91. The van der Waals surface area contributed by atoms with Crippen molar-refractivity contribution in [1.82, 2.24) is 4.57 Å². The summed E-state index contributed by atoms with van der Waals surface area (Å²) in [5.41, 5.74) is 2.07. The molecule has 0 aliphatic rings. The number of carbonyl (C=O) groups is 2. The van der Waals surface area contributed by atoms with Crippen LogP contribution in [0.15, 0.2) is 42.5 Å². The maximum absolute atomic E-state index is 13.2. The van der Waals surface area contributed by atoms with Gasteiger partial charge in [-0.25, -0.2) is 0 Å². The van der Waals surface area contributed by atoms with Crippen LogP contribution in [0.25, 0.3) is 10.9 Å². The maximum Gasteiger partial charge on any atom is 0.310 e. The lowest BCUT2D eigenvalue weighted by Crippen LogP contribution is -2.25. The highest BCUT2D eigenvalue weighted by atomic mass is 35.5. The molecule has 6 heteroatoms. The number of hydrogen-bond acceptors (Lipinski definition) is 4. The summed E-state index contributed by atoms with van der Waals surface area (Å²) in [5.74, 6) is 0.116. The van der Waals surface area contributed by atoms with Crippen molar-refractivity contribution in [2.45, 2.75) is 39.7 Å². The predicted octanol–water partition coefficient (Wildman–Crippen LogP) is 5.18. The summed E-state index contributed by atoms with van der Waals surface area (Å²) >= 11 is 5.95. The normalized spacial score (nSPS) is 11.5. The fraction of sp³-hybridized carbons (Fsp3) is 0.304. The molecule has 29 heavy (non-hydrogen) atoms. The monoisotopic (exact) mass is 413 g/mol. The van der Waals surface area contributed by atoms with Gasteiger partial charge in [-0.15, -0.1) is 0 Å². The molecule has 0 amide bonds. The number of nitrogens with zero attached hydrogens (tertiary/aromatic N) is 1. The average molecular weight is 414 g/mol. The highest BCUT2D eigenvalue weighted by Crippen LogP contribution is 2.31. The van der Waals surface area contributed by atoms with Crippen LogP contribution in [0.2, 0.25) is 5.02 Å². The van der Waals surface area contributed by atoms with Gasteiger partial charge in [0.2, 0.25) is 0 Å². The first-order chi connectivity index (χ1) is 13.6. The van der Waals surface area contributed by atoms with Crippen molar-refractivity contribution in [3.63, 3.8) is 0 Å². The van der Waals surface area contributed by atoms with Crippen molar-refractivity contribution >= 4 is 34.4 Å². The highest BCUT2D eigenvalue weighted by Gasteiger charge is 2.24. The van der Waals surface area contributed by atoms with Gasteiger partial charge in [0.05, 0.1) is 19.0 Å². The quantitative estimate of drug-likeness (QED) is 0.552. The molecule has 0 bridgehead atoms. The van der Waals surface area contributed by atoms with Gasteiger partial charge in [0.15, 0.2) is 0 Å². The van der Waals surface area contributed by atoms with E-state index in [2.05, 4.69) is 0 Å². The van der Waals surface area contributed by atoms with Gasteiger partial charge in [-0.05, 0) is 75.7 Å². The summed E-state index contributed by atoms with van der Waals surface area (Å²) < 4.78 is 12.5. The lowest BCUT2D eigenvalue weighted by atomic mass is 10.1. The van der Waals surface area contributed by atoms with E-state index in [1.165, 1.54) is 0 Å². The Morgan fingerprint density at radius 2 is 1.72 bits per heavy atom. The third kappa shape index (κ3) is 4.46. The van der Waals surface area contributed by atoms with E-state index in [0.717, 1.165) is 10.9 Å². The Morgan fingerprint density at radius 3 is 2.31 bits per heavy atom. The number of ether oxygens (including phenoxy) is 2. The van der Waals surface area contributed by atoms with Gasteiger partial charge >= 0.3 is 5.97 Å². The number of fused-ring (bicyclic) bond motifs is 1. The Bertz CT molecular complexity index is 1070. The lowest BCUT2D eigenvalue weighted by molar-refractivity contribution is -0.153. The van der Waals surface area contributed by atoms with E-state index < -0.39 is 5.60 Å². The van der Waals surface area contributed by atoms with Crippen molar-refractivity contribution in [2.24, 2.45) is 0 Å². The number of hydrogen-bond donors (Lipinski definition) is 0. The molecular formula is C23H24ClNO4. The van der Waals surface area contributed by atoms with Crippen LogP contribution in [-0.2, 0) is 16.0 Å². The van der Waals surface area contributed by atoms with Crippen LogP contribution in [0.1, 0.15) is 42.4 Å². The molecule has 5 nitrogen and oxygen atoms in total. The Kier molecular flexibility index (Phi) is 5.71. The van der Waals surface area contributed by atoms with Crippen molar-refractivity contribution in [2.75, 3.05) is 7.11 Å². The molecule has 0 saturated heterocycles. The van der Waals surface area contributed by atoms with Gasteiger partial charge in [0.1, 0.15) is 11.4 Å². The number of benzene rings is 2. The standard InChI is InChI=1S/C23H24ClNO4/c1-14-18(13-21(26)29-23(2,3)4)19-12-17(28-5)10-11-20(19)25(14)22(27)15-6-8-16(24)9-7-15/h6-12H,13H2,1-5H3. The van der Waals surface area contributed by atoms with E-state index in [4.69, 9.17) is 21.1 Å². The summed E-state index contributed by atoms with van der Waals surface area (Å²) in [6, 6.07) is 12.2. The fourth-order valence-corrected chi connectivity index (χ4v) is 3.44. The largest absolute Gasteiger partial charge is 0.497 e. The van der Waals surface area contributed by atoms with Gasteiger partial charge in [-0.2, -0.15) is 0 Å². The number of carbonyl (C=O) groups excluding carboxylic acids is 2. The third-order valence-corrected chi connectivity index (χ3v) is 4.83. The maximum atomic E-state index is 13.2. The van der Waals surface area contributed by atoms with Gasteiger partial charge in [0.25, 0.3) is 5.91 Å². The van der Waals surface area contributed by atoms with Gasteiger partial charge in [0, 0.05) is 21.7 Å². The van der Waals surface area contributed by atoms with Crippen LogP contribution in [0, 0.1) is 6.92 Å². The van der Waals surface area contributed by atoms with Crippen LogP contribution in [0.5, 0.6) is 5.75 Å². The number of aromatic nitrogens is 1. The van der Waals surface area contributed by atoms with Crippen molar-refractivity contribution in [1.29, 1.82) is 0 Å². The SMILES string of the molecule is COc1ccc2c(c1)c(CC(=O)OC(C)(C)C)c(C)n2C(=O)c1ccc(Cl)cc1. The lowest BCUT2D eigenvalue weighted by Gasteiger charge is -2.19. The Morgan fingerprint density at radius 1 is 1.07 bits per heavy atom. The highest BCUT2D eigenvalue weighted by molar-refractivity contribution is 6.30. The number of halogens is 1. The smallest absolute Gasteiger partial charge is 0.310 e. The summed E-state index contributed by atoms with van der Waals surface area (Å²) in [6.45, 7) is 7.32. The first-order valence-electron chi connectivity index (χ1n) is 9.31. The molecule has 3 rings (SSSR count). The van der Waals surface area contributed by atoms with E-state index in [1.807, 2.05) is 39.8 Å². The first-order valence-corrected chi connectivity index (χ1v) is 9.68. The fourth-order valence-electron chi connectivity index (χ4n) is 3.32. The molecule has 0 radical (unpaired) electrons. The van der Waals surface area contributed by atoms with E-state index in [9.17, 15) is 9.59 Å².